The molecule has 0 spiro atoms. The molecule has 0 radical (unpaired) electrons. The quantitative estimate of drug-likeness (QED) is 0.876. The summed E-state index contributed by atoms with van der Waals surface area (Å²) in [6.07, 6.45) is 7.30. The lowest BCUT2D eigenvalue weighted by atomic mass is 9.83. The fourth-order valence-electron chi connectivity index (χ4n) is 3.36. The zero-order chi connectivity index (χ0) is 13.9. The van der Waals surface area contributed by atoms with Crippen LogP contribution >= 0.6 is 0 Å². The van der Waals surface area contributed by atoms with Crippen LogP contribution in [0.1, 0.15) is 62.5 Å². The topological polar surface area (TPSA) is 41.5 Å². The Morgan fingerprint density at radius 3 is 2.45 bits per heavy atom. The lowest BCUT2D eigenvalue weighted by Crippen LogP contribution is -2.31. The standard InChI is InChI=1S/C17H22N2O/c1-12-11-16(20)18-19-17(12)15-9-7-14(8-10-15)13-5-3-2-4-6-13/h7-10,12-13H,2-6,11H2,1H3,(H,18,20). The molecule has 1 heterocycles. The second-order valence-corrected chi connectivity index (χ2v) is 6.09. The Morgan fingerprint density at radius 1 is 1.10 bits per heavy atom. The van der Waals surface area contributed by atoms with Crippen molar-refractivity contribution in [1.82, 2.24) is 5.43 Å². The molecule has 106 valence electrons. The average molecular weight is 270 g/mol. The lowest BCUT2D eigenvalue weighted by Gasteiger charge is -2.23. The van der Waals surface area contributed by atoms with E-state index in [0.717, 1.165) is 17.2 Å². The molecule has 1 saturated carbocycles. The lowest BCUT2D eigenvalue weighted by molar-refractivity contribution is -0.121. The Bertz CT molecular complexity index is 512. The van der Waals surface area contributed by atoms with Gasteiger partial charge in [0.2, 0.25) is 5.91 Å². The van der Waals surface area contributed by atoms with Gasteiger partial charge in [-0.05, 0) is 29.9 Å². The van der Waals surface area contributed by atoms with Gasteiger partial charge in [0.05, 0.1) is 5.71 Å². The molecule has 1 fully saturated rings. The van der Waals surface area contributed by atoms with E-state index in [1.165, 1.54) is 37.7 Å². The number of carbonyl (C=O) groups excluding carboxylic acids is 1. The van der Waals surface area contributed by atoms with Crippen LogP contribution in [0.2, 0.25) is 0 Å². The van der Waals surface area contributed by atoms with Gasteiger partial charge in [0.15, 0.2) is 0 Å². The maximum Gasteiger partial charge on any atom is 0.240 e. The minimum Gasteiger partial charge on any atom is -0.273 e. The first kappa shape index (κ1) is 13.3. The molecule has 0 bridgehead atoms. The molecule has 1 aromatic rings. The molecule has 1 N–H and O–H groups in total. The summed E-state index contributed by atoms with van der Waals surface area (Å²) in [7, 11) is 0. The highest BCUT2D eigenvalue weighted by Crippen LogP contribution is 2.32. The third-order valence-corrected chi connectivity index (χ3v) is 4.54. The molecule has 0 aromatic heterocycles. The van der Waals surface area contributed by atoms with Gasteiger partial charge in [0, 0.05) is 12.3 Å². The summed E-state index contributed by atoms with van der Waals surface area (Å²) in [6, 6.07) is 8.82. The number of nitrogens with zero attached hydrogens (tertiary/aromatic N) is 1. The maximum absolute atomic E-state index is 11.3. The van der Waals surface area contributed by atoms with Crippen LogP contribution < -0.4 is 5.43 Å². The zero-order valence-electron chi connectivity index (χ0n) is 12.1. The molecule has 1 aromatic carbocycles. The summed E-state index contributed by atoms with van der Waals surface area (Å²) >= 11 is 0. The van der Waals surface area contributed by atoms with Crippen molar-refractivity contribution in [2.45, 2.75) is 51.4 Å². The summed E-state index contributed by atoms with van der Waals surface area (Å²) < 4.78 is 0. The number of hydrogen-bond acceptors (Lipinski definition) is 2. The second-order valence-electron chi connectivity index (χ2n) is 6.09. The molecule has 1 aliphatic carbocycles. The Hall–Kier alpha value is -1.64. The summed E-state index contributed by atoms with van der Waals surface area (Å²) in [6.45, 7) is 2.06. The van der Waals surface area contributed by atoms with Crippen LogP contribution in [0.3, 0.4) is 0 Å². The Balaban J connectivity index is 1.77. The van der Waals surface area contributed by atoms with Gasteiger partial charge in [0.1, 0.15) is 0 Å². The number of hydrogen-bond donors (Lipinski definition) is 1. The first-order valence-corrected chi connectivity index (χ1v) is 7.71. The van der Waals surface area contributed by atoms with E-state index in [1.807, 2.05) is 0 Å². The van der Waals surface area contributed by atoms with E-state index in [2.05, 4.69) is 41.7 Å². The van der Waals surface area contributed by atoms with Crippen molar-refractivity contribution in [2.24, 2.45) is 11.0 Å². The van der Waals surface area contributed by atoms with Gasteiger partial charge in [0.25, 0.3) is 0 Å². The zero-order valence-corrected chi connectivity index (χ0v) is 12.1. The van der Waals surface area contributed by atoms with E-state index < -0.39 is 0 Å². The SMILES string of the molecule is CC1CC(=O)NN=C1c1ccc(C2CCCCC2)cc1. The van der Waals surface area contributed by atoms with Crippen molar-refractivity contribution in [1.29, 1.82) is 0 Å². The van der Waals surface area contributed by atoms with Gasteiger partial charge in [-0.15, -0.1) is 0 Å². The fourth-order valence-corrected chi connectivity index (χ4v) is 3.36. The summed E-state index contributed by atoms with van der Waals surface area (Å²) in [5.41, 5.74) is 6.18. The predicted octanol–water partition coefficient (Wildman–Crippen LogP) is 3.59. The summed E-state index contributed by atoms with van der Waals surface area (Å²) in [5.74, 6) is 0.951. The molecule has 20 heavy (non-hydrogen) atoms. The van der Waals surface area contributed by atoms with Gasteiger partial charge < -0.3 is 0 Å². The van der Waals surface area contributed by atoms with Crippen LogP contribution in [0.5, 0.6) is 0 Å². The Kier molecular flexibility index (Phi) is 3.86. The number of benzene rings is 1. The van der Waals surface area contributed by atoms with Gasteiger partial charge in [-0.2, -0.15) is 5.10 Å². The third-order valence-electron chi connectivity index (χ3n) is 4.54. The minimum atomic E-state index is 0.0140. The molecule has 3 heteroatoms. The molecular formula is C17H22N2O. The van der Waals surface area contributed by atoms with E-state index in [-0.39, 0.29) is 11.8 Å². The minimum absolute atomic E-state index is 0.0140. The van der Waals surface area contributed by atoms with E-state index in [4.69, 9.17) is 0 Å². The highest BCUT2D eigenvalue weighted by atomic mass is 16.2. The molecule has 3 rings (SSSR count). The maximum atomic E-state index is 11.3. The van der Waals surface area contributed by atoms with Crippen molar-refractivity contribution < 1.29 is 4.79 Å². The normalized spacial score (nSPS) is 24.1. The van der Waals surface area contributed by atoms with E-state index in [0.29, 0.717) is 6.42 Å². The van der Waals surface area contributed by atoms with Gasteiger partial charge in [-0.3, -0.25) is 4.79 Å². The Morgan fingerprint density at radius 2 is 1.80 bits per heavy atom. The smallest absolute Gasteiger partial charge is 0.240 e. The van der Waals surface area contributed by atoms with Crippen LogP contribution in [0, 0.1) is 5.92 Å². The van der Waals surface area contributed by atoms with Crippen LogP contribution in [-0.4, -0.2) is 11.6 Å². The Labute approximate surface area is 120 Å². The van der Waals surface area contributed by atoms with Gasteiger partial charge in [-0.25, -0.2) is 5.43 Å². The fraction of sp³-hybridized carbons (Fsp3) is 0.529. The number of carbonyl (C=O) groups is 1. The van der Waals surface area contributed by atoms with Gasteiger partial charge in [-0.1, -0.05) is 50.5 Å². The summed E-state index contributed by atoms with van der Waals surface area (Å²) in [5, 5.41) is 4.22. The van der Waals surface area contributed by atoms with Crippen LogP contribution in [0.15, 0.2) is 29.4 Å². The number of rotatable bonds is 2. The largest absolute Gasteiger partial charge is 0.273 e. The molecule has 3 nitrogen and oxygen atoms in total. The van der Waals surface area contributed by atoms with Crippen molar-refractivity contribution >= 4 is 11.6 Å². The van der Waals surface area contributed by atoms with Crippen molar-refractivity contribution in [2.75, 3.05) is 0 Å². The van der Waals surface area contributed by atoms with Crippen LogP contribution in [-0.2, 0) is 4.79 Å². The molecule has 0 saturated heterocycles. The third kappa shape index (κ3) is 2.77. The summed E-state index contributed by atoms with van der Waals surface area (Å²) in [4.78, 5) is 11.3. The second kappa shape index (κ2) is 5.78. The van der Waals surface area contributed by atoms with Crippen molar-refractivity contribution in [3.05, 3.63) is 35.4 Å². The van der Waals surface area contributed by atoms with Crippen LogP contribution in [0.25, 0.3) is 0 Å². The van der Waals surface area contributed by atoms with Crippen molar-refractivity contribution in [3.63, 3.8) is 0 Å². The van der Waals surface area contributed by atoms with E-state index in [9.17, 15) is 4.79 Å². The highest BCUT2D eigenvalue weighted by Gasteiger charge is 2.22. The first-order chi connectivity index (χ1) is 9.74. The number of nitrogens with one attached hydrogen (secondary N) is 1. The molecule has 2 aliphatic rings. The number of amides is 1. The predicted molar refractivity (Wildman–Crippen MR) is 80.7 cm³/mol. The van der Waals surface area contributed by atoms with Crippen molar-refractivity contribution in [3.8, 4) is 0 Å². The first-order valence-electron chi connectivity index (χ1n) is 7.71. The molecule has 1 amide bonds. The van der Waals surface area contributed by atoms with E-state index >= 15 is 0 Å². The van der Waals surface area contributed by atoms with Gasteiger partial charge >= 0.3 is 0 Å². The molecular weight excluding hydrogens is 248 g/mol. The number of hydrazone groups is 1. The molecule has 1 aliphatic heterocycles. The highest BCUT2D eigenvalue weighted by molar-refractivity contribution is 6.05. The monoisotopic (exact) mass is 270 g/mol. The molecule has 1 atom stereocenters. The van der Waals surface area contributed by atoms with Crippen LogP contribution in [0.4, 0.5) is 0 Å². The average Bonchev–Trinajstić information content (AvgIpc) is 2.48. The molecule has 1 unspecified atom stereocenters. The van der Waals surface area contributed by atoms with E-state index in [1.54, 1.807) is 0 Å².